The van der Waals surface area contributed by atoms with E-state index in [9.17, 15) is 4.79 Å². The van der Waals surface area contributed by atoms with Crippen molar-refractivity contribution in [3.05, 3.63) is 22.2 Å². The van der Waals surface area contributed by atoms with Gasteiger partial charge in [-0.1, -0.05) is 13.8 Å². The van der Waals surface area contributed by atoms with Gasteiger partial charge in [0.1, 0.15) is 5.82 Å². The van der Waals surface area contributed by atoms with Crippen molar-refractivity contribution in [1.82, 2.24) is 9.97 Å². The molecule has 0 aliphatic carbocycles. The Balaban J connectivity index is 2.92. The first kappa shape index (κ1) is 9.77. The Kier molecular flexibility index (Phi) is 3.49. The number of hydrogen-bond donors (Lipinski definition) is 2. The summed E-state index contributed by atoms with van der Waals surface area (Å²) < 4.78 is 0. The number of nitrogens with zero attached hydrogens (tertiary/aromatic N) is 1. The summed E-state index contributed by atoms with van der Waals surface area (Å²) in [5.74, 6) is 0.716. The van der Waals surface area contributed by atoms with Crippen LogP contribution in [0.1, 0.15) is 25.8 Å². The molecule has 1 heterocycles. The minimum absolute atomic E-state index is 0.0453. The lowest BCUT2D eigenvalue weighted by atomic mass is 10.2. The van der Waals surface area contributed by atoms with E-state index < -0.39 is 0 Å². The monoisotopic (exact) mass is 181 g/mol. The van der Waals surface area contributed by atoms with Crippen LogP contribution >= 0.6 is 0 Å². The highest BCUT2D eigenvalue weighted by molar-refractivity contribution is 5.41. The fourth-order valence-corrected chi connectivity index (χ4v) is 1.15. The zero-order valence-electron chi connectivity index (χ0n) is 8.05. The fraction of sp³-hybridized carbons (Fsp3) is 0.556. The van der Waals surface area contributed by atoms with Crippen molar-refractivity contribution < 1.29 is 0 Å². The predicted octanol–water partition coefficient (Wildman–Crippen LogP) is 1.15. The third-order valence-electron chi connectivity index (χ3n) is 1.85. The Morgan fingerprint density at radius 3 is 2.92 bits per heavy atom. The van der Waals surface area contributed by atoms with Crippen LogP contribution in [0.5, 0.6) is 0 Å². The lowest BCUT2D eigenvalue weighted by Gasteiger charge is -2.06. The molecule has 0 amide bonds. The van der Waals surface area contributed by atoms with Crippen LogP contribution in [0.15, 0.2) is 11.1 Å². The van der Waals surface area contributed by atoms with E-state index in [-0.39, 0.29) is 5.56 Å². The summed E-state index contributed by atoms with van der Waals surface area (Å²) in [6.07, 6.45) is 3.16. The molecule has 0 spiro atoms. The molecule has 0 bridgehead atoms. The molecule has 1 aromatic rings. The second kappa shape index (κ2) is 4.64. The molecule has 72 valence electrons. The lowest BCUT2D eigenvalue weighted by molar-refractivity contribution is 0.937. The van der Waals surface area contributed by atoms with E-state index in [2.05, 4.69) is 22.2 Å². The topological polar surface area (TPSA) is 57.8 Å². The third-order valence-corrected chi connectivity index (χ3v) is 1.85. The minimum atomic E-state index is -0.0453. The van der Waals surface area contributed by atoms with E-state index in [1.807, 2.05) is 6.92 Å². The summed E-state index contributed by atoms with van der Waals surface area (Å²) in [7, 11) is 0. The molecule has 0 radical (unpaired) electrons. The number of hydrogen-bond acceptors (Lipinski definition) is 3. The molecular weight excluding hydrogens is 166 g/mol. The second-order valence-electron chi connectivity index (χ2n) is 2.84. The highest BCUT2D eigenvalue weighted by atomic mass is 16.1. The Morgan fingerprint density at radius 1 is 1.54 bits per heavy atom. The molecule has 0 aliphatic heterocycles. The van der Waals surface area contributed by atoms with Crippen LogP contribution in [0.25, 0.3) is 0 Å². The van der Waals surface area contributed by atoms with Crippen molar-refractivity contribution in [3.63, 3.8) is 0 Å². The first-order valence-corrected chi connectivity index (χ1v) is 4.60. The fourth-order valence-electron chi connectivity index (χ4n) is 1.15. The average Bonchev–Trinajstić information content (AvgIpc) is 2.15. The molecule has 13 heavy (non-hydrogen) atoms. The normalized spacial score (nSPS) is 10.0. The molecule has 0 atom stereocenters. The Morgan fingerprint density at radius 2 is 2.31 bits per heavy atom. The van der Waals surface area contributed by atoms with Crippen molar-refractivity contribution in [1.29, 1.82) is 0 Å². The van der Waals surface area contributed by atoms with Gasteiger partial charge in [0.05, 0.1) is 11.9 Å². The van der Waals surface area contributed by atoms with Gasteiger partial charge in [0, 0.05) is 6.54 Å². The molecule has 0 aliphatic rings. The zero-order chi connectivity index (χ0) is 9.68. The molecule has 0 unspecified atom stereocenters. The summed E-state index contributed by atoms with van der Waals surface area (Å²) >= 11 is 0. The number of H-pyrrole nitrogens is 1. The van der Waals surface area contributed by atoms with Gasteiger partial charge in [-0.25, -0.2) is 4.98 Å². The van der Waals surface area contributed by atoms with Gasteiger partial charge in [-0.3, -0.25) is 4.79 Å². The number of anilines is 1. The summed E-state index contributed by atoms with van der Waals surface area (Å²) in [6.45, 7) is 4.87. The molecule has 1 rings (SSSR count). The van der Waals surface area contributed by atoms with Gasteiger partial charge in [-0.15, -0.1) is 0 Å². The smallest absolute Gasteiger partial charge is 0.255 e. The molecule has 2 N–H and O–H groups in total. The van der Waals surface area contributed by atoms with Crippen LogP contribution in [0.2, 0.25) is 0 Å². The van der Waals surface area contributed by atoms with Crippen molar-refractivity contribution in [2.75, 3.05) is 11.9 Å². The Bertz CT molecular complexity index is 319. The van der Waals surface area contributed by atoms with Crippen LogP contribution in [0.3, 0.4) is 0 Å². The van der Waals surface area contributed by atoms with E-state index in [4.69, 9.17) is 0 Å². The second-order valence-corrected chi connectivity index (χ2v) is 2.84. The van der Waals surface area contributed by atoms with Crippen LogP contribution < -0.4 is 10.9 Å². The van der Waals surface area contributed by atoms with E-state index >= 15 is 0 Å². The standard InChI is InChI=1S/C9H15N3O/c1-3-5-10-8-7(4-2)9(13)12-6-11-8/h6H,3-5H2,1-2H3,(H2,10,11,12,13). The van der Waals surface area contributed by atoms with Crippen LogP contribution in [0.4, 0.5) is 5.82 Å². The van der Waals surface area contributed by atoms with Crippen molar-refractivity contribution in [3.8, 4) is 0 Å². The van der Waals surface area contributed by atoms with Crippen LogP contribution in [-0.4, -0.2) is 16.5 Å². The summed E-state index contributed by atoms with van der Waals surface area (Å²) in [5, 5.41) is 3.12. The third kappa shape index (κ3) is 2.31. The van der Waals surface area contributed by atoms with Crippen molar-refractivity contribution in [2.45, 2.75) is 26.7 Å². The molecule has 4 heteroatoms. The molecule has 0 saturated heterocycles. The molecule has 1 aromatic heterocycles. The first-order valence-electron chi connectivity index (χ1n) is 4.60. The maximum absolute atomic E-state index is 11.3. The quantitative estimate of drug-likeness (QED) is 0.732. The highest BCUT2D eigenvalue weighted by Crippen LogP contribution is 2.05. The van der Waals surface area contributed by atoms with Crippen molar-refractivity contribution in [2.24, 2.45) is 0 Å². The predicted molar refractivity (Wildman–Crippen MR) is 53.0 cm³/mol. The summed E-state index contributed by atoms with van der Waals surface area (Å²) in [5.41, 5.74) is 0.687. The van der Waals surface area contributed by atoms with Gasteiger partial charge < -0.3 is 10.3 Å². The van der Waals surface area contributed by atoms with Gasteiger partial charge in [0.2, 0.25) is 0 Å². The van der Waals surface area contributed by atoms with Gasteiger partial charge in [-0.2, -0.15) is 0 Å². The first-order chi connectivity index (χ1) is 6.29. The van der Waals surface area contributed by atoms with Crippen LogP contribution in [0, 0.1) is 0 Å². The highest BCUT2D eigenvalue weighted by Gasteiger charge is 2.04. The van der Waals surface area contributed by atoms with E-state index in [0.29, 0.717) is 12.2 Å². The largest absolute Gasteiger partial charge is 0.370 e. The molecular formula is C9H15N3O. The molecule has 4 nitrogen and oxygen atoms in total. The van der Waals surface area contributed by atoms with Gasteiger partial charge in [0.25, 0.3) is 5.56 Å². The molecule has 0 aromatic carbocycles. The van der Waals surface area contributed by atoms with Gasteiger partial charge >= 0.3 is 0 Å². The number of aromatic nitrogens is 2. The maximum atomic E-state index is 11.3. The summed E-state index contributed by atoms with van der Waals surface area (Å²) in [6, 6.07) is 0. The SMILES string of the molecule is CCCNc1nc[nH]c(=O)c1CC. The average molecular weight is 181 g/mol. The number of aromatic amines is 1. The Hall–Kier alpha value is -1.32. The van der Waals surface area contributed by atoms with E-state index in [1.54, 1.807) is 0 Å². The lowest BCUT2D eigenvalue weighted by Crippen LogP contribution is -2.17. The van der Waals surface area contributed by atoms with Gasteiger partial charge in [-0.05, 0) is 12.8 Å². The van der Waals surface area contributed by atoms with E-state index in [0.717, 1.165) is 18.5 Å². The van der Waals surface area contributed by atoms with Crippen molar-refractivity contribution >= 4 is 5.82 Å². The summed E-state index contributed by atoms with van der Waals surface area (Å²) in [4.78, 5) is 17.9. The zero-order valence-corrected chi connectivity index (χ0v) is 8.05. The minimum Gasteiger partial charge on any atom is -0.370 e. The number of nitrogens with one attached hydrogen (secondary N) is 2. The van der Waals surface area contributed by atoms with Gasteiger partial charge in [0.15, 0.2) is 0 Å². The Labute approximate surface area is 77.4 Å². The van der Waals surface area contributed by atoms with E-state index in [1.165, 1.54) is 6.33 Å². The molecule has 0 saturated carbocycles. The van der Waals surface area contributed by atoms with Crippen LogP contribution in [-0.2, 0) is 6.42 Å². The maximum Gasteiger partial charge on any atom is 0.255 e. The molecule has 0 fully saturated rings. The number of rotatable bonds is 4.